The Kier molecular flexibility index (Phi) is 7.21. The molecule has 0 aliphatic heterocycles. The van der Waals surface area contributed by atoms with Gasteiger partial charge in [0.1, 0.15) is 0 Å². The van der Waals surface area contributed by atoms with Crippen molar-refractivity contribution in [1.82, 2.24) is 10.3 Å². The standard InChI is InChI=1S/C21H21ClN4O2S/c1-14(15-6-3-2-4-7-15)23-19(27)11-10-18-13-29-21(25-18)26-20(28)24-17-9-5-8-16(22)12-17/h2-9,12-14H,10-11H2,1H3,(H,23,27)(H2,24,25,26,28)/t14-/m1/s1. The van der Waals surface area contributed by atoms with Crippen LogP contribution in [0.25, 0.3) is 0 Å². The molecule has 0 unspecified atom stereocenters. The number of amides is 3. The number of carbonyl (C=O) groups excluding carboxylic acids is 2. The smallest absolute Gasteiger partial charge is 0.325 e. The predicted molar refractivity (Wildman–Crippen MR) is 118 cm³/mol. The number of urea groups is 1. The summed E-state index contributed by atoms with van der Waals surface area (Å²) in [5.41, 5.74) is 2.42. The molecule has 0 saturated carbocycles. The topological polar surface area (TPSA) is 83.1 Å². The zero-order valence-corrected chi connectivity index (χ0v) is 17.4. The van der Waals surface area contributed by atoms with Crippen LogP contribution in [0.15, 0.2) is 60.0 Å². The summed E-state index contributed by atoms with van der Waals surface area (Å²) in [7, 11) is 0. The van der Waals surface area contributed by atoms with Crippen molar-refractivity contribution in [3.63, 3.8) is 0 Å². The molecule has 2 aromatic carbocycles. The summed E-state index contributed by atoms with van der Waals surface area (Å²) in [5.74, 6) is -0.0393. The first-order valence-electron chi connectivity index (χ1n) is 9.12. The van der Waals surface area contributed by atoms with Gasteiger partial charge in [-0.3, -0.25) is 10.1 Å². The van der Waals surface area contributed by atoms with Crippen LogP contribution in [0.3, 0.4) is 0 Å². The molecule has 29 heavy (non-hydrogen) atoms. The van der Waals surface area contributed by atoms with Crippen molar-refractivity contribution in [3.8, 4) is 0 Å². The van der Waals surface area contributed by atoms with Crippen molar-refractivity contribution in [3.05, 3.63) is 76.3 Å². The quantitative estimate of drug-likeness (QED) is 0.480. The third kappa shape index (κ3) is 6.58. The van der Waals surface area contributed by atoms with Gasteiger partial charge < -0.3 is 10.6 Å². The van der Waals surface area contributed by atoms with Crippen molar-refractivity contribution in [2.24, 2.45) is 0 Å². The Hall–Kier alpha value is -2.90. The maximum atomic E-state index is 12.2. The number of benzene rings is 2. The number of halogens is 1. The Morgan fingerprint density at radius 1 is 1.10 bits per heavy atom. The van der Waals surface area contributed by atoms with E-state index in [9.17, 15) is 9.59 Å². The molecule has 3 N–H and O–H groups in total. The summed E-state index contributed by atoms with van der Waals surface area (Å²) in [5, 5.41) is 11.2. The van der Waals surface area contributed by atoms with E-state index in [0.717, 1.165) is 11.3 Å². The number of hydrogen-bond acceptors (Lipinski definition) is 4. The number of thiazole rings is 1. The fourth-order valence-electron chi connectivity index (χ4n) is 2.69. The van der Waals surface area contributed by atoms with Gasteiger partial charge in [0.05, 0.1) is 11.7 Å². The van der Waals surface area contributed by atoms with Crippen LogP contribution in [0.5, 0.6) is 0 Å². The number of aromatic nitrogens is 1. The van der Waals surface area contributed by atoms with Crippen LogP contribution in [-0.4, -0.2) is 16.9 Å². The van der Waals surface area contributed by atoms with Gasteiger partial charge in [-0.05, 0) is 37.1 Å². The summed E-state index contributed by atoms with van der Waals surface area (Å²) in [6.07, 6.45) is 0.830. The second-order valence-electron chi connectivity index (χ2n) is 6.43. The van der Waals surface area contributed by atoms with Crippen LogP contribution in [0.1, 0.15) is 30.6 Å². The molecule has 3 aromatic rings. The highest BCUT2D eigenvalue weighted by molar-refractivity contribution is 7.13. The van der Waals surface area contributed by atoms with Crippen molar-refractivity contribution < 1.29 is 9.59 Å². The number of nitrogens with one attached hydrogen (secondary N) is 3. The molecule has 3 rings (SSSR count). The lowest BCUT2D eigenvalue weighted by molar-refractivity contribution is -0.121. The van der Waals surface area contributed by atoms with E-state index >= 15 is 0 Å². The zero-order valence-electron chi connectivity index (χ0n) is 15.8. The number of carbonyl (C=O) groups is 2. The van der Waals surface area contributed by atoms with Crippen molar-refractivity contribution in [2.45, 2.75) is 25.8 Å². The first-order chi connectivity index (χ1) is 14.0. The molecule has 1 atom stereocenters. The molecule has 0 aliphatic rings. The van der Waals surface area contributed by atoms with E-state index in [0.29, 0.717) is 28.7 Å². The number of hydrogen-bond donors (Lipinski definition) is 3. The molecule has 0 radical (unpaired) electrons. The Morgan fingerprint density at radius 2 is 1.90 bits per heavy atom. The normalized spacial score (nSPS) is 11.5. The van der Waals surface area contributed by atoms with Crippen molar-refractivity contribution >= 4 is 45.7 Å². The molecule has 3 amide bonds. The molecule has 0 fully saturated rings. The van der Waals surface area contributed by atoms with Crippen LogP contribution in [0.2, 0.25) is 5.02 Å². The first kappa shape index (κ1) is 20.8. The fraction of sp³-hybridized carbons (Fsp3) is 0.190. The highest BCUT2D eigenvalue weighted by Crippen LogP contribution is 2.19. The molecule has 0 saturated heterocycles. The van der Waals surface area contributed by atoms with E-state index in [4.69, 9.17) is 11.6 Å². The van der Waals surface area contributed by atoms with Crippen LogP contribution >= 0.6 is 22.9 Å². The maximum Gasteiger partial charge on any atom is 0.325 e. The second-order valence-corrected chi connectivity index (χ2v) is 7.73. The van der Waals surface area contributed by atoms with Gasteiger partial charge in [-0.1, -0.05) is 48.0 Å². The summed E-state index contributed by atoms with van der Waals surface area (Å²) in [6, 6.07) is 16.2. The molecule has 8 heteroatoms. The van der Waals surface area contributed by atoms with Crippen LogP contribution < -0.4 is 16.0 Å². The van der Waals surface area contributed by atoms with E-state index in [1.807, 2.05) is 42.6 Å². The van der Waals surface area contributed by atoms with Gasteiger partial charge in [0.2, 0.25) is 5.91 Å². The molecule has 0 spiro atoms. The molecular weight excluding hydrogens is 408 g/mol. The van der Waals surface area contributed by atoms with Gasteiger partial charge in [0, 0.05) is 22.5 Å². The third-order valence-corrected chi connectivity index (χ3v) is 5.18. The number of nitrogens with zero attached hydrogens (tertiary/aromatic N) is 1. The molecule has 150 valence electrons. The van der Waals surface area contributed by atoms with Gasteiger partial charge >= 0.3 is 6.03 Å². The Balaban J connectivity index is 1.45. The lowest BCUT2D eigenvalue weighted by Gasteiger charge is -2.13. The molecule has 0 bridgehead atoms. The largest absolute Gasteiger partial charge is 0.350 e. The molecule has 6 nitrogen and oxygen atoms in total. The minimum Gasteiger partial charge on any atom is -0.350 e. The van der Waals surface area contributed by atoms with E-state index < -0.39 is 6.03 Å². The fourth-order valence-corrected chi connectivity index (χ4v) is 3.62. The Labute approximate surface area is 178 Å². The van der Waals surface area contributed by atoms with E-state index in [1.54, 1.807) is 24.3 Å². The Bertz CT molecular complexity index is 978. The molecular formula is C21H21ClN4O2S. The number of aryl methyl sites for hydroxylation is 1. The maximum absolute atomic E-state index is 12.2. The van der Waals surface area contributed by atoms with Crippen molar-refractivity contribution in [1.29, 1.82) is 0 Å². The monoisotopic (exact) mass is 428 g/mol. The van der Waals surface area contributed by atoms with Gasteiger partial charge in [-0.25, -0.2) is 9.78 Å². The van der Waals surface area contributed by atoms with Crippen molar-refractivity contribution in [2.75, 3.05) is 10.6 Å². The van der Waals surface area contributed by atoms with Crippen LogP contribution in [0, 0.1) is 0 Å². The first-order valence-corrected chi connectivity index (χ1v) is 10.4. The molecule has 1 heterocycles. The minimum atomic E-state index is -0.400. The van der Waals surface area contributed by atoms with Gasteiger partial charge in [0.25, 0.3) is 0 Å². The van der Waals surface area contributed by atoms with Gasteiger partial charge in [-0.2, -0.15) is 0 Å². The van der Waals surface area contributed by atoms with Gasteiger partial charge in [0.15, 0.2) is 5.13 Å². The van der Waals surface area contributed by atoms with E-state index in [1.165, 1.54) is 11.3 Å². The van der Waals surface area contributed by atoms with Crippen LogP contribution in [0.4, 0.5) is 15.6 Å². The summed E-state index contributed by atoms with van der Waals surface area (Å²) in [6.45, 7) is 1.95. The lowest BCUT2D eigenvalue weighted by atomic mass is 10.1. The van der Waals surface area contributed by atoms with E-state index in [2.05, 4.69) is 20.9 Å². The third-order valence-electron chi connectivity index (χ3n) is 4.14. The zero-order chi connectivity index (χ0) is 20.6. The molecule has 1 aromatic heterocycles. The summed E-state index contributed by atoms with van der Waals surface area (Å²) in [4.78, 5) is 28.6. The second kappa shape index (κ2) is 10.0. The lowest BCUT2D eigenvalue weighted by Crippen LogP contribution is -2.26. The average molecular weight is 429 g/mol. The summed E-state index contributed by atoms with van der Waals surface area (Å²) < 4.78 is 0. The number of rotatable bonds is 7. The minimum absolute atomic E-state index is 0.0393. The highest BCUT2D eigenvalue weighted by atomic mass is 35.5. The molecule has 0 aliphatic carbocycles. The van der Waals surface area contributed by atoms with Crippen LogP contribution in [-0.2, 0) is 11.2 Å². The number of anilines is 2. The van der Waals surface area contributed by atoms with E-state index in [-0.39, 0.29) is 11.9 Å². The SMILES string of the molecule is C[C@@H](NC(=O)CCc1csc(NC(=O)Nc2cccc(Cl)c2)n1)c1ccccc1. The highest BCUT2D eigenvalue weighted by Gasteiger charge is 2.11. The summed E-state index contributed by atoms with van der Waals surface area (Å²) >= 11 is 7.22. The average Bonchev–Trinajstić information content (AvgIpc) is 3.14. The Morgan fingerprint density at radius 3 is 2.66 bits per heavy atom. The predicted octanol–water partition coefficient (Wildman–Crippen LogP) is 5.25. The van der Waals surface area contributed by atoms with Gasteiger partial charge in [-0.15, -0.1) is 11.3 Å².